The van der Waals surface area contributed by atoms with Crippen molar-refractivity contribution in [2.24, 2.45) is 4.99 Å². The summed E-state index contributed by atoms with van der Waals surface area (Å²) in [6.45, 7) is 4.23. The molecular formula is C8H10F3NO4. The van der Waals surface area contributed by atoms with E-state index in [1.165, 1.54) is 20.8 Å². The van der Waals surface area contributed by atoms with Crippen LogP contribution >= 0.6 is 0 Å². The van der Waals surface area contributed by atoms with Crippen LogP contribution in [-0.2, 0) is 9.53 Å². The average molecular weight is 241 g/mol. The number of carbonyl (C=O) groups excluding carboxylic acids is 1. The van der Waals surface area contributed by atoms with Crippen molar-refractivity contribution >= 4 is 17.8 Å². The van der Waals surface area contributed by atoms with Crippen LogP contribution in [0.4, 0.5) is 18.0 Å². The molecule has 8 heteroatoms. The van der Waals surface area contributed by atoms with Crippen LogP contribution in [0.3, 0.4) is 0 Å². The summed E-state index contributed by atoms with van der Waals surface area (Å²) in [5.41, 5.74) is -3.25. The zero-order chi connectivity index (χ0) is 13.1. The normalized spacial score (nSPS) is 13.5. The molecule has 0 unspecified atom stereocenters. The van der Waals surface area contributed by atoms with E-state index >= 15 is 0 Å². The van der Waals surface area contributed by atoms with Crippen LogP contribution in [0.5, 0.6) is 0 Å². The molecule has 1 amide bonds. The Labute approximate surface area is 88.9 Å². The Morgan fingerprint density at radius 2 is 1.62 bits per heavy atom. The predicted octanol–water partition coefficient (Wildman–Crippen LogP) is 2.01. The molecule has 92 valence electrons. The molecule has 0 atom stereocenters. The number of amides is 1. The largest absolute Gasteiger partial charge is 0.477 e. The Kier molecular flexibility index (Phi) is 4.05. The molecule has 0 spiro atoms. The van der Waals surface area contributed by atoms with Gasteiger partial charge in [0.2, 0.25) is 5.71 Å². The van der Waals surface area contributed by atoms with E-state index in [1.54, 1.807) is 0 Å². The summed E-state index contributed by atoms with van der Waals surface area (Å²) >= 11 is 0. The van der Waals surface area contributed by atoms with Gasteiger partial charge in [0, 0.05) is 0 Å². The first-order valence-corrected chi connectivity index (χ1v) is 4.05. The quantitative estimate of drug-likeness (QED) is 0.712. The smallest absolute Gasteiger partial charge is 0.440 e. The molecule has 0 aliphatic rings. The molecule has 0 aliphatic heterocycles. The van der Waals surface area contributed by atoms with Gasteiger partial charge in [-0.2, -0.15) is 18.2 Å². The third-order valence-electron chi connectivity index (χ3n) is 1.07. The van der Waals surface area contributed by atoms with Crippen LogP contribution in [0.1, 0.15) is 20.8 Å². The van der Waals surface area contributed by atoms with Crippen molar-refractivity contribution < 1.29 is 32.6 Å². The van der Waals surface area contributed by atoms with Gasteiger partial charge in [0.1, 0.15) is 5.60 Å². The van der Waals surface area contributed by atoms with Gasteiger partial charge in [-0.3, -0.25) is 0 Å². The van der Waals surface area contributed by atoms with E-state index in [4.69, 9.17) is 5.11 Å². The Hall–Kier alpha value is -1.60. The number of alkyl halides is 3. The highest BCUT2D eigenvalue weighted by atomic mass is 19.4. The molecule has 1 N–H and O–H groups in total. The lowest BCUT2D eigenvalue weighted by molar-refractivity contribution is -0.133. The summed E-state index contributed by atoms with van der Waals surface area (Å²) in [6, 6.07) is 0. The second-order valence-electron chi connectivity index (χ2n) is 3.74. The number of halogens is 3. The van der Waals surface area contributed by atoms with Crippen molar-refractivity contribution in [3.8, 4) is 0 Å². The van der Waals surface area contributed by atoms with E-state index in [2.05, 4.69) is 9.73 Å². The number of nitrogens with zero attached hydrogens (tertiary/aromatic N) is 1. The van der Waals surface area contributed by atoms with Gasteiger partial charge in [0.25, 0.3) is 0 Å². The van der Waals surface area contributed by atoms with E-state index in [1.807, 2.05) is 0 Å². The van der Waals surface area contributed by atoms with Gasteiger partial charge < -0.3 is 9.84 Å². The molecule has 0 aromatic carbocycles. The second kappa shape index (κ2) is 4.50. The Balaban J connectivity index is 4.97. The van der Waals surface area contributed by atoms with Gasteiger partial charge in [-0.1, -0.05) is 0 Å². The number of aliphatic carboxylic acids is 1. The van der Waals surface area contributed by atoms with Crippen molar-refractivity contribution in [1.29, 1.82) is 0 Å². The molecule has 0 radical (unpaired) electrons. The van der Waals surface area contributed by atoms with Crippen molar-refractivity contribution in [3.63, 3.8) is 0 Å². The first-order chi connectivity index (χ1) is 6.93. The molecule has 0 aliphatic carbocycles. The predicted molar refractivity (Wildman–Crippen MR) is 47.4 cm³/mol. The molecule has 0 aromatic heterocycles. The lowest BCUT2D eigenvalue weighted by Crippen LogP contribution is -2.33. The summed E-state index contributed by atoms with van der Waals surface area (Å²) in [6.07, 6.45) is -6.80. The van der Waals surface area contributed by atoms with Crippen molar-refractivity contribution in [2.75, 3.05) is 0 Å². The molecular weight excluding hydrogens is 231 g/mol. The van der Waals surface area contributed by atoms with Crippen LogP contribution in [-0.4, -0.2) is 34.7 Å². The topological polar surface area (TPSA) is 76.0 Å². The van der Waals surface area contributed by atoms with Gasteiger partial charge in [-0.05, 0) is 20.8 Å². The number of hydrogen-bond donors (Lipinski definition) is 1. The number of carbonyl (C=O) groups is 2. The zero-order valence-corrected chi connectivity index (χ0v) is 8.75. The highest BCUT2D eigenvalue weighted by molar-refractivity contribution is 6.39. The monoisotopic (exact) mass is 241 g/mol. The Morgan fingerprint density at radius 3 is 1.88 bits per heavy atom. The number of rotatable bonds is 1. The van der Waals surface area contributed by atoms with Gasteiger partial charge in [-0.15, -0.1) is 0 Å². The van der Waals surface area contributed by atoms with Crippen LogP contribution in [0.25, 0.3) is 0 Å². The molecule has 0 saturated carbocycles. The number of ether oxygens (including phenoxy) is 1. The summed E-state index contributed by atoms with van der Waals surface area (Å²) in [7, 11) is 0. The van der Waals surface area contributed by atoms with Crippen LogP contribution in [0.15, 0.2) is 4.99 Å². The molecule has 0 aromatic rings. The van der Waals surface area contributed by atoms with Gasteiger partial charge in [0.15, 0.2) is 0 Å². The lowest BCUT2D eigenvalue weighted by Gasteiger charge is -2.17. The fraction of sp³-hybridized carbons (Fsp3) is 0.625. The van der Waals surface area contributed by atoms with E-state index < -0.39 is 29.6 Å². The molecule has 16 heavy (non-hydrogen) atoms. The standard InChI is InChI=1S/C8H10F3NO4/c1-7(2,3)16-6(15)12-4(5(13)14)8(9,10)11/h1-3H3,(H,13,14). The summed E-state index contributed by atoms with van der Waals surface area (Å²) < 4.78 is 40.6. The van der Waals surface area contributed by atoms with Crippen LogP contribution < -0.4 is 0 Å². The summed E-state index contributed by atoms with van der Waals surface area (Å²) in [5, 5.41) is 8.20. The lowest BCUT2D eigenvalue weighted by atomic mass is 10.2. The van der Waals surface area contributed by atoms with Crippen LogP contribution in [0, 0.1) is 0 Å². The summed E-state index contributed by atoms with van der Waals surface area (Å²) in [5.74, 6) is -2.33. The molecule has 0 bridgehead atoms. The van der Waals surface area contributed by atoms with Crippen molar-refractivity contribution in [1.82, 2.24) is 0 Å². The van der Waals surface area contributed by atoms with Gasteiger partial charge in [0.05, 0.1) is 0 Å². The fourth-order valence-corrected chi connectivity index (χ4v) is 0.608. The minimum absolute atomic E-state index is 1.05. The first kappa shape index (κ1) is 14.4. The maximum absolute atomic E-state index is 12.0. The van der Waals surface area contributed by atoms with E-state index in [0.717, 1.165) is 0 Å². The number of carboxylic acid groups (broad SMARTS) is 1. The maximum atomic E-state index is 12.0. The second-order valence-corrected chi connectivity index (χ2v) is 3.74. The van der Waals surface area contributed by atoms with Crippen LogP contribution in [0.2, 0.25) is 0 Å². The third-order valence-corrected chi connectivity index (χ3v) is 1.07. The highest BCUT2D eigenvalue weighted by Gasteiger charge is 2.42. The molecule has 0 heterocycles. The Morgan fingerprint density at radius 1 is 1.19 bits per heavy atom. The molecule has 0 fully saturated rings. The third kappa shape index (κ3) is 5.32. The Bertz CT molecular complexity index is 327. The number of hydrogen-bond acceptors (Lipinski definition) is 3. The van der Waals surface area contributed by atoms with Crippen molar-refractivity contribution in [3.05, 3.63) is 0 Å². The number of aliphatic imine (C=N–C) groups is 1. The zero-order valence-electron chi connectivity index (χ0n) is 8.75. The van der Waals surface area contributed by atoms with E-state index in [9.17, 15) is 22.8 Å². The van der Waals surface area contributed by atoms with Crippen molar-refractivity contribution in [2.45, 2.75) is 32.5 Å². The highest BCUT2D eigenvalue weighted by Crippen LogP contribution is 2.18. The minimum atomic E-state index is -5.21. The molecule has 0 rings (SSSR count). The SMILES string of the molecule is CC(C)(C)OC(=O)N=C(C(=O)O)C(F)(F)F. The fourth-order valence-electron chi connectivity index (χ4n) is 0.608. The summed E-state index contributed by atoms with van der Waals surface area (Å²) in [4.78, 5) is 23.4. The molecule has 5 nitrogen and oxygen atoms in total. The molecule has 0 saturated heterocycles. The minimum Gasteiger partial charge on any atom is -0.477 e. The average Bonchev–Trinajstić information content (AvgIpc) is 1.93. The van der Waals surface area contributed by atoms with E-state index in [-0.39, 0.29) is 0 Å². The van der Waals surface area contributed by atoms with Gasteiger partial charge in [-0.25, -0.2) is 9.59 Å². The van der Waals surface area contributed by atoms with E-state index in [0.29, 0.717) is 0 Å². The van der Waals surface area contributed by atoms with Gasteiger partial charge >= 0.3 is 18.2 Å². The number of carboxylic acids is 1. The first-order valence-electron chi connectivity index (χ1n) is 4.05. The maximum Gasteiger partial charge on any atom is 0.440 e.